The fourth-order valence-corrected chi connectivity index (χ4v) is 1.76. The van der Waals surface area contributed by atoms with E-state index in [9.17, 15) is 0 Å². The van der Waals surface area contributed by atoms with Gasteiger partial charge in [-0.05, 0) is 19.1 Å². The molecule has 0 aliphatic rings. The summed E-state index contributed by atoms with van der Waals surface area (Å²) in [5, 5.41) is 2.07. The lowest BCUT2D eigenvalue weighted by Gasteiger charge is -2.02. The second kappa shape index (κ2) is 8.26. The molecule has 0 radical (unpaired) electrons. The van der Waals surface area contributed by atoms with Crippen LogP contribution in [0.25, 0.3) is 10.9 Å². The number of hydrogen-bond acceptors (Lipinski definition) is 2. The van der Waals surface area contributed by atoms with Gasteiger partial charge in [-0.3, -0.25) is 0 Å². The summed E-state index contributed by atoms with van der Waals surface area (Å²) in [6, 6.07) is 3.50. The van der Waals surface area contributed by atoms with Crippen molar-refractivity contribution in [2.75, 3.05) is 0 Å². The number of hydrogen-bond donors (Lipinski definition) is 0. The van der Waals surface area contributed by atoms with E-state index in [2.05, 4.69) is 9.97 Å². The highest BCUT2D eigenvalue weighted by Crippen LogP contribution is 2.26. The summed E-state index contributed by atoms with van der Waals surface area (Å²) in [7, 11) is 0. The fourth-order valence-electron chi connectivity index (χ4n) is 1.22. The monoisotopic (exact) mass is 272 g/mol. The van der Waals surface area contributed by atoms with Crippen molar-refractivity contribution in [2.45, 2.75) is 34.6 Å². The Kier molecular flexibility index (Phi) is 7.85. The third-order valence-electron chi connectivity index (χ3n) is 1.86. The third-order valence-corrected chi connectivity index (χ3v) is 2.36. The van der Waals surface area contributed by atoms with E-state index in [-0.39, 0.29) is 0 Å². The lowest BCUT2D eigenvalue weighted by molar-refractivity contribution is 1.15. The SMILES string of the molecule is CC.CC.Cc1ncnc2c(Cl)cc(Cl)cc12. The van der Waals surface area contributed by atoms with Gasteiger partial charge in [-0.25, -0.2) is 9.97 Å². The zero-order valence-electron chi connectivity index (χ0n) is 10.9. The van der Waals surface area contributed by atoms with Gasteiger partial charge in [0.05, 0.1) is 10.5 Å². The lowest BCUT2D eigenvalue weighted by atomic mass is 10.2. The van der Waals surface area contributed by atoms with Gasteiger partial charge < -0.3 is 0 Å². The van der Waals surface area contributed by atoms with E-state index in [4.69, 9.17) is 23.2 Å². The summed E-state index contributed by atoms with van der Waals surface area (Å²) in [5.41, 5.74) is 1.63. The number of fused-ring (bicyclic) bond motifs is 1. The highest BCUT2D eigenvalue weighted by atomic mass is 35.5. The first-order valence-corrected chi connectivity index (χ1v) is 6.50. The Hall–Kier alpha value is -0.860. The minimum atomic E-state index is 0.563. The van der Waals surface area contributed by atoms with E-state index in [0.717, 1.165) is 16.6 Å². The molecule has 1 heterocycles. The minimum absolute atomic E-state index is 0.563. The topological polar surface area (TPSA) is 25.8 Å². The number of rotatable bonds is 0. The highest BCUT2D eigenvalue weighted by molar-refractivity contribution is 6.38. The van der Waals surface area contributed by atoms with Crippen LogP contribution in [-0.2, 0) is 0 Å². The van der Waals surface area contributed by atoms with Crippen LogP contribution in [0.5, 0.6) is 0 Å². The van der Waals surface area contributed by atoms with Crippen LogP contribution in [0.1, 0.15) is 33.4 Å². The van der Waals surface area contributed by atoms with Crippen molar-refractivity contribution in [3.63, 3.8) is 0 Å². The molecule has 17 heavy (non-hydrogen) atoms. The van der Waals surface area contributed by atoms with E-state index in [1.165, 1.54) is 6.33 Å². The van der Waals surface area contributed by atoms with Crippen molar-refractivity contribution < 1.29 is 0 Å². The number of nitrogens with zero attached hydrogens (tertiary/aromatic N) is 2. The summed E-state index contributed by atoms with van der Waals surface area (Å²) >= 11 is 11.8. The Morgan fingerprint density at radius 3 is 2.12 bits per heavy atom. The van der Waals surface area contributed by atoms with E-state index < -0.39 is 0 Å². The second-order valence-electron chi connectivity index (χ2n) is 2.74. The maximum absolute atomic E-state index is 5.96. The van der Waals surface area contributed by atoms with Gasteiger partial charge in [0.25, 0.3) is 0 Å². The van der Waals surface area contributed by atoms with Gasteiger partial charge in [-0.1, -0.05) is 50.9 Å². The molecule has 0 aliphatic heterocycles. The molecule has 0 saturated carbocycles. The molecule has 0 aliphatic carbocycles. The minimum Gasteiger partial charge on any atom is -0.241 e. The normalized spacial score (nSPS) is 8.88. The van der Waals surface area contributed by atoms with Crippen molar-refractivity contribution in [1.29, 1.82) is 0 Å². The maximum atomic E-state index is 5.96. The van der Waals surface area contributed by atoms with Gasteiger partial charge in [0.2, 0.25) is 0 Å². The highest BCUT2D eigenvalue weighted by Gasteiger charge is 2.04. The molecule has 94 valence electrons. The quantitative estimate of drug-likeness (QED) is 0.651. The molecule has 0 fully saturated rings. The van der Waals surface area contributed by atoms with Gasteiger partial charge >= 0.3 is 0 Å². The van der Waals surface area contributed by atoms with Crippen LogP contribution in [0.2, 0.25) is 10.0 Å². The molecule has 0 N–H and O–H groups in total. The maximum Gasteiger partial charge on any atom is 0.116 e. The number of aromatic nitrogens is 2. The van der Waals surface area contributed by atoms with Gasteiger partial charge in [-0.2, -0.15) is 0 Å². The van der Waals surface area contributed by atoms with Crippen molar-refractivity contribution in [1.82, 2.24) is 9.97 Å². The average Bonchev–Trinajstić information content (AvgIpc) is 2.36. The summed E-state index contributed by atoms with van der Waals surface area (Å²) in [4.78, 5) is 8.14. The average molecular weight is 273 g/mol. The first kappa shape index (κ1) is 16.1. The first-order chi connectivity index (χ1) is 8.18. The zero-order valence-corrected chi connectivity index (χ0v) is 12.4. The molecule has 2 aromatic rings. The van der Waals surface area contributed by atoms with Crippen LogP contribution < -0.4 is 0 Å². The van der Waals surface area contributed by atoms with Crippen molar-refractivity contribution in [2.24, 2.45) is 0 Å². The van der Waals surface area contributed by atoms with Crippen LogP contribution in [-0.4, -0.2) is 9.97 Å². The van der Waals surface area contributed by atoms with E-state index in [0.29, 0.717) is 10.0 Å². The molecule has 0 amide bonds. The van der Waals surface area contributed by atoms with Crippen molar-refractivity contribution in [3.8, 4) is 0 Å². The van der Waals surface area contributed by atoms with E-state index in [1.54, 1.807) is 6.07 Å². The molecule has 0 spiro atoms. The first-order valence-electron chi connectivity index (χ1n) is 5.75. The predicted octanol–water partition coefficient (Wildman–Crippen LogP) is 5.30. The Bertz CT molecular complexity index is 470. The van der Waals surface area contributed by atoms with Gasteiger partial charge in [0.15, 0.2) is 0 Å². The molecule has 2 nitrogen and oxygen atoms in total. The van der Waals surface area contributed by atoms with Crippen molar-refractivity contribution in [3.05, 3.63) is 34.2 Å². The summed E-state index contributed by atoms with van der Waals surface area (Å²) < 4.78 is 0. The molecule has 0 unspecified atom stereocenters. The van der Waals surface area contributed by atoms with Crippen LogP contribution in [0.3, 0.4) is 0 Å². The number of halogens is 2. The number of benzene rings is 1. The molecule has 2 rings (SSSR count). The second-order valence-corrected chi connectivity index (χ2v) is 3.59. The Balaban J connectivity index is 0.000000581. The van der Waals surface area contributed by atoms with Crippen LogP contribution in [0, 0.1) is 6.92 Å². The predicted molar refractivity (Wildman–Crippen MR) is 77.0 cm³/mol. The van der Waals surface area contributed by atoms with Gasteiger partial charge in [0, 0.05) is 16.1 Å². The summed E-state index contributed by atoms with van der Waals surface area (Å²) in [5.74, 6) is 0. The van der Waals surface area contributed by atoms with Gasteiger partial charge in [-0.15, -0.1) is 0 Å². The molecule has 0 saturated heterocycles. The molecular formula is C13H18Cl2N2. The van der Waals surface area contributed by atoms with Crippen LogP contribution in [0.15, 0.2) is 18.5 Å². The molecule has 0 atom stereocenters. The number of aryl methyl sites for hydroxylation is 1. The molecule has 1 aromatic heterocycles. The van der Waals surface area contributed by atoms with E-state index in [1.807, 2.05) is 40.7 Å². The molecule has 0 bridgehead atoms. The Morgan fingerprint density at radius 1 is 0.941 bits per heavy atom. The third kappa shape index (κ3) is 4.14. The standard InChI is InChI=1S/C9H6Cl2N2.2C2H6/c1-5-7-2-6(10)3-8(11)9(7)13-4-12-5;2*1-2/h2-4H,1H3;2*1-2H3. The summed E-state index contributed by atoms with van der Waals surface area (Å²) in [6.07, 6.45) is 1.50. The zero-order chi connectivity index (χ0) is 13.4. The lowest BCUT2D eigenvalue weighted by Crippen LogP contribution is -1.87. The smallest absolute Gasteiger partial charge is 0.116 e. The largest absolute Gasteiger partial charge is 0.241 e. The Labute approximate surface area is 113 Å². The molecule has 1 aromatic carbocycles. The van der Waals surface area contributed by atoms with Crippen LogP contribution in [0.4, 0.5) is 0 Å². The van der Waals surface area contributed by atoms with Crippen molar-refractivity contribution >= 4 is 34.1 Å². The summed E-state index contributed by atoms with van der Waals surface area (Å²) in [6.45, 7) is 9.90. The molecule has 4 heteroatoms. The fraction of sp³-hybridized carbons (Fsp3) is 0.385. The Morgan fingerprint density at radius 2 is 1.53 bits per heavy atom. The molecular weight excluding hydrogens is 255 g/mol. The van der Waals surface area contributed by atoms with E-state index >= 15 is 0 Å². The van der Waals surface area contributed by atoms with Gasteiger partial charge in [0.1, 0.15) is 6.33 Å². The van der Waals surface area contributed by atoms with Crippen LogP contribution >= 0.6 is 23.2 Å².